The Morgan fingerprint density at radius 2 is 1.91 bits per heavy atom. The van der Waals surface area contributed by atoms with E-state index in [9.17, 15) is 13.6 Å². The predicted molar refractivity (Wildman–Crippen MR) is 123 cm³/mol. The molecule has 0 saturated carbocycles. The van der Waals surface area contributed by atoms with Crippen LogP contribution in [0.25, 0.3) is 0 Å². The van der Waals surface area contributed by atoms with Gasteiger partial charge in [-0.2, -0.15) is 0 Å². The molecule has 1 heterocycles. The Bertz CT molecular complexity index is 1040. The van der Waals surface area contributed by atoms with E-state index in [0.717, 1.165) is 17.7 Å². The maximum absolute atomic E-state index is 14.4. The first-order chi connectivity index (χ1) is 15.4. The van der Waals surface area contributed by atoms with E-state index in [1.165, 1.54) is 11.3 Å². The maximum atomic E-state index is 14.4. The third-order valence-corrected chi connectivity index (χ3v) is 5.80. The molecule has 4 N–H and O–H groups in total. The third kappa shape index (κ3) is 5.29. The molecule has 0 aliphatic heterocycles. The number of halogens is 2. The molecule has 1 aromatic heterocycles. The average Bonchev–Trinajstić information content (AvgIpc) is 3.25. The summed E-state index contributed by atoms with van der Waals surface area (Å²) in [7, 11) is 0. The molecule has 170 valence electrons. The number of amides is 1. The van der Waals surface area contributed by atoms with Gasteiger partial charge in [0.1, 0.15) is 17.2 Å². The minimum absolute atomic E-state index is 0.216. The molecule has 1 unspecified atom stereocenters. The zero-order valence-electron chi connectivity index (χ0n) is 18.0. The van der Waals surface area contributed by atoms with Crippen LogP contribution in [-0.4, -0.2) is 37.2 Å². The second-order valence-electron chi connectivity index (χ2n) is 7.36. The van der Waals surface area contributed by atoms with E-state index in [1.807, 2.05) is 49.6 Å². The van der Waals surface area contributed by atoms with Gasteiger partial charge in [0.25, 0.3) is 5.91 Å². The van der Waals surface area contributed by atoms with Crippen LogP contribution in [0.2, 0.25) is 0 Å². The SMILES string of the molecule is CCOCC(C)(c1ccccc1)c1csc(NC(=O)c2c(F)cc(NCCN)cc2F)n1. The van der Waals surface area contributed by atoms with Crippen molar-refractivity contribution in [1.82, 2.24) is 4.98 Å². The van der Waals surface area contributed by atoms with Crippen molar-refractivity contribution in [1.29, 1.82) is 0 Å². The first-order valence-corrected chi connectivity index (χ1v) is 11.1. The molecule has 0 radical (unpaired) electrons. The summed E-state index contributed by atoms with van der Waals surface area (Å²) >= 11 is 1.18. The molecule has 1 atom stereocenters. The summed E-state index contributed by atoms with van der Waals surface area (Å²) in [5.74, 6) is -2.84. The van der Waals surface area contributed by atoms with Gasteiger partial charge >= 0.3 is 0 Å². The summed E-state index contributed by atoms with van der Waals surface area (Å²) in [4.78, 5) is 17.1. The van der Waals surface area contributed by atoms with E-state index in [0.29, 0.717) is 32.0 Å². The predicted octanol–water partition coefficient (Wildman–Crippen LogP) is 4.39. The van der Waals surface area contributed by atoms with Crippen LogP contribution >= 0.6 is 11.3 Å². The zero-order chi connectivity index (χ0) is 23.1. The van der Waals surface area contributed by atoms with Gasteiger partial charge < -0.3 is 15.8 Å². The molecular weight excluding hydrogens is 434 g/mol. The normalized spacial score (nSPS) is 12.9. The number of hydrogen-bond acceptors (Lipinski definition) is 6. The van der Waals surface area contributed by atoms with Gasteiger partial charge in [-0.3, -0.25) is 10.1 Å². The van der Waals surface area contributed by atoms with Crippen LogP contribution in [0.1, 0.15) is 35.5 Å². The van der Waals surface area contributed by atoms with Crippen molar-refractivity contribution in [3.8, 4) is 0 Å². The first kappa shape index (κ1) is 23.8. The molecule has 0 aliphatic carbocycles. The molecule has 9 heteroatoms. The van der Waals surface area contributed by atoms with Crippen LogP contribution < -0.4 is 16.4 Å². The van der Waals surface area contributed by atoms with Crippen molar-refractivity contribution in [2.75, 3.05) is 36.9 Å². The molecule has 32 heavy (non-hydrogen) atoms. The number of nitrogens with two attached hydrogens (primary N) is 1. The Kier molecular flexibility index (Phi) is 7.89. The van der Waals surface area contributed by atoms with Gasteiger partial charge in [-0.15, -0.1) is 11.3 Å². The number of thiazole rings is 1. The number of nitrogens with zero attached hydrogens (tertiary/aromatic N) is 1. The van der Waals surface area contributed by atoms with E-state index < -0.39 is 28.5 Å². The number of benzene rings is 2. The number of anilines is 2. The summed E-state index contributed by atoms with van der Waals surface area (Å²) in [6.45, 7) is 5.52. The number of hydrogen-bond donors (Lipinski definition) is 3. The molecule has 0 bridgehead atoms. The van der Waals surface area contributed by atoms with E-state index >= 15 is 0 Å². The number of rotatable bonds is 10. The van der Waals surface area contributed by atoms with E-state index in [4.69, 9.17) is 10.5 Å². The molecule has 0 saturated heterocycles. The fraction of sp³-hybridized carbons (Fsp3) is 0.304. The van der Waals surface area contributed by atoms with Crippen LogP contribution in [0, 0.1) is 11.6 Å². The molecule has 0 fully saturated rings. The van der Waals surface area contributed by atoms with Crippen molar-refractivity contribution in [3.63, 3.8) is 0 Å². The molecule has 6 nitrogen and oxygen atoms in total. The molecule has 3 rings (SSSR count). The van der Waals surface area contributed by atoms with E-state index in [-0.39, 0.29) is 10.8 Å². The van der Waals surface area contributed by atoms with Gasteiger partial charge in [0, 0.05) is 30.8 Å². The first-order valence-electron chi connectivity index (χ1n) is 10.2. The second kappa shape index (κ2) is 10.6. The molecule has 2 aromatic carbocycles. The van der Waals surface area contributed by atoms with Crippen LogP contribution in [0.4, 0.5) is 19.6 Å². The number of nitrogens with one attached hydrogen (secondary N) is 2. The molecule has 0 aliphatic rings. The second-order valence-corrected chi connectivity index (χ2v) is 8.22. The Balaban J connectivity index is 1.83. The minimum atomic E-state index is -0.968. The van der Waals surface area contributed by atoms with Gasteiger partial charge in [0.05, 0.1) is 17.7 Å². The highest BCUT2D eigenvalue weighted by atomic mass is 32.1. The van der Waals surface area contributed by atoms with Gasteiger partial charge in [0.2, 0.25) is 0 Å². The van der Waals surface area contributed by atoms with E-state index in [2.05, 4.69) is 15.6 Å². The number of ether oxygens (including phenoxy) is 1. The molecule has 3 aromatic rings. The lowest BCUT2D eigenvalue weighted by Crippen LogP contribution is -2.30. The quantitative estimate of drug-likeness (QED) is 0.418. The monoisotopic (exact) mass is 460 g/mol. The summed E-state index contributed by atoms with van der Waals surface area (Å²) < 4.78 is 34.6. The van der Waals surface area contributed by atoms with Crippen LogP contribution in [0.5, 0.6) is 0 Å². The molecular formula is C23H26F2N4O2S. The molecule has 0 spiro atoms. The minimum Gasteiger partial charge on any atom is -0.384 e. The highest BCUT2D eigenvalue weighted by Crippen LogP contribution is 2.34. The van der Waals surface area contributed by atoms with Crippen molar-refractivity contribution in [3.05, 3.63) is 76.3 Å². The highest BCUT2D eigenvalue weighted by Gasteiger charge is 2.32. The fourth-order valence-electron chi connectivity index (χ4n) is 3.27. The van der Waals surface area contributed by atoms with Crippen molar-refractivity contribution in [2.24, 2.45) is 5.73 Å². The largest absolute Gasteiger partial charge is 0.384 e. The molecule has 1 amide bonds. The average molecular weight is 461 g/mol. The van der Waals surface area contributed by atoms with Crippen LogP contribution in [0.15, 0.2) is 47.8 Å². The Morgan fingerprint density at radius 3 is 2.53 bits per heavy atom. The van der Waals surface area contributed by atoms with E-state index in [1.54, 1.807) is 0 Å². The number of aromatic nitrogens is 1. The zero-order valence-corrected chi connectivity index (χ0v) is 18.8. The van der Waals surface area contributed by atoms with Crippen molar-refractivity contribution in [2.45, 2.75) is 19.3 Å². The highest BCUT2D eigenvalue weighted by molar-refractivity contribution is 7.14. The Hall–Kier alpha value is -2.88. The summed E-state index contributed by atoms with van der Waals surface area (Å²) in [5.41, 5.74) is 6.09. The third-order valence-electron chi connectivity index (χ3n) is 5.04. The van der Waals surface area contributed by atoms with Crippen molar-refractivity contribution < 1.29 is 18.3 Å². The standard InChI is InChI=1S/C23H26F2N4O2S/c1-3-31-14-23(2,15-7-5-4-6-8-15)19-13-32-22(28-19)29-21(30)20-17(24)11-16(12-18(20)25)27-10-9-26/h4-8,11-13,27H,3,9-10,14,26H2,1-2H3,(H,28,29,30). The van der Waals surface area contributed by atoms with Crippen molar-refractivity contribution >= 4 is 28.1 Å². The van der Waals surface area contributed by atoms with Gasteiger partial charge in [0.15, 0.2) is 5.13 Å². The van der Waals surface area contributed by atoms with Crippen LogP contribution in [-0.2, 0) is 10.2 Å². The topological polar surface area (TPSA) is 89.3 Å². The van der Waals surface area contributed by atoms with Gasteiger partial charge in [-0.1, -0.05) is 30.3 Å². The summed E-state index contributed by atoms with van der Waals surface area (Å²) in [5, 5.41) is 7.35. The maximum Gasteiger partial charge on any atom is 0.263 e. The smallest absolute Gasteiger partial charge is 0.263 e. The van der Waals surface area contributed by atoms with Gasteiger partial charge in [-0.25, -0.2) is 13.8 Å². The van der Waals surface area contributed by atoms with Crippen LogP contribution in [0.3, 0.4) is 0 Å². The van der Waals surface area contributed by atoms with Gasteiger partial charge in [-0.05, 0) is 31.5 Å². The summed E-state index contributed by atoms with van der Waals surface area (Å²) in [6.07, 6.45) is 0. The fourth-order valence-corrected chi connectivity index (χ4v) is 4.11. The summed E-state index contributed by atoms with van der Waals surface area (Å²) in [6, 6.07) is 11.9. The lowest BCUT2D eigenvalue weighted by atomic mass is 9.81. The lowest BCUT2D eigenvalue weighted by Gasteiger charge is -2.28. The Morgan fingerprint density at radius 1 is 1.22 bits per heavy atom. The number of carbonyl (C=O) groups excluding carboxylic acids is 1. The Labute approximate surface area is 189 Å². The number of carbonyl (C=O) groups is 1. The lowest BCUT2D eigenvalue weighted by molar-refractivity contribution is 0.101.